The number of nitrogens with one attached hydrogen (secondary N) is 1. The third kappa shape index (κ3) is 5.42. The van der Waals surface area contributed by atoms with Crippen molar-refractivity contribution in [2.45, 2.75) is 25.9 Å². The van der Waals surface area contributed by atoms with E-state index in [-0.39, 0.29) is 0 Å². The molecule has 1 N–H and O–H groups in total. The number of hydrogen-bond donors (Lipinski definition) is 1. The van der Waals surface area contributed by atoms with E-state index >= 15 is 0 Å². The molecule has 0 amide bonds. The highest BCUT2D eigenvalue weighted by Gasteiger charge is 2.08. The standard InChI is InChI=1S/C15H26N2S/c1-13(12-18-4)17(3)11-15-7-5-14(6-8-15)9-10-16-2/h5-8,13,16H,9-12H2,1-4H3. The Labute approximate surface area is 116 Å². The van der Waals surface area contributed by atoms with Crippen LogP contribution in [0.25, 0.3) is 0 Å². The molecule has 0 bridgehead atoms. The van der Waals surface area contributed by atoms with E-state index in [4.69, 9.17) is 0 Å². The van der Waals surface area contributed by atoms with Gasteiger partial charge in [0.2, 0.25) is 0 Å². The highest BCUT2D eigenvalue weighted by Crippen LogP contribution is 2.11. The molecule has 0 radical (unpaired) electrons. The Morgan fingerprint density at radius 3 is 2.39 bits per heavy atom. The van der Waals surface area contributed by atoms with Gasteiger partial charge in [-0.25, -0.2) is 0 Å². The normalized spacial score (nSPS) is 12.9. The van der Waals surface area contributed by atoms with Gasteiger partial charge < -0.3 is 5.32 Å². The van der Waals surface area contributed by atoms with Gasteiger partial charge in [-0.15, -0.1) is 0 Å². The molecule has 1 atom stereocenters. The van der Waals surface area contributed by atoms with Crippen molar-refractivity contribution in [2.75, 3.05) is 32.6 Å². The predicted octanol–water partition coefficient (Wildman–Crippen LogP) is 2.63. The fourth-order valence-electron chi connectivity index (χ4n) is 1.89. The van der Waals surface area contributed by atoms with Gasteiger partial charge in [-0.05, 0) is 51.4 Å². The van der Waals surface area contributed by atoms with Gasteiger partial charge in [0.25, 0.3) is 0 Å². The number of nitrogens with zero attached hydrogens (tertiary/aromatic N) is 1. The lowest BCUT2D eigenvalue weighted by molar-refractivity contribution is 0.270. The average molecular weight is 266 g/mol. The second kappa shape index (κ2) is 8.57. The van der Waals surface area contributed by atoms with Crippen LogP contribution >= 0.6 is 11.8 Å². The minimum Gasteiger partial charge on any atom is -0.319 e. The molecule has 1 unspecified atom stereocenters. The summed E-state index contributed by atoms with van der Waals surface area (Å²) in [5.74, 6) is 1.19. The lowest BCUT2D eigenvalue weighted by Gasteiger charge is -2.24. The molecule has 3 heteroatoms. The first-order valence-corrected chi connectivity index (χ1v) is 7.98. The van der Waals surface area contributed by atoms with E-state index < -0.39 is 0 Å². The van der Waals surface area contributed by atoms with E-state index in [2.05, 4.69) is 54.7 Å². The second-order valence-corrected chi connectivity index (χ2v) is 5.80. The van der Waals surface area contributed by atoms with Crippen LogP contribution in [0.4, 0.5) is 0 Å². The molecular weight excluding hydrogens is 240 g/mol. The summed E-state index contributed by atoms with van der Waals surface area (Å²) in [7, 11) is 4.20. The first kappa shape index (κ1) is 15.5. The zero-order chi connectivity index (χ0) is 13.4. The Morgan fingerprint density at radius 1 is 1.22 bits per heavy atom. The van der Waals surface area contributed by atoms with Gasteiger partial charge in [0.15, 0.2) is 0 Å². The fraction of sp³-hybridized carbons (Fsp3) is 0.600. The van der Waals surface area contributed by atoms with Crippen LogP contribution in [0.2, 0.25) is 0 Å². The van der Waals surface area contributed by atoms with Crippen LogP contribution in [0.15, 0.2) is 24.3 Å². The Balaban J connectivity index is 2.47. The number of benzene rings is 1. The quantitative estimate of drug-likeness (QED) is 0.779. The van der Waals surface area contributed by atoms with Crippen LogP contribution in [0, 0.1) is 0 Å². The number of rotatable bonds is 8. The van der Waals surface area contributed by atoms with Gasteiger partial charge in [-0.1, -0.05) is 24.3 Å². The van der Waals surface area contributed by atoms with Gasteiger partial charge in [0, 0.05) is 18.3 Å². The highest BCUT2D eigenvalue weighted by molar-refractivity contribution is 7.98. The van der Waals surface area contributed by atoms with Crippen molar-refractivity contribution in [2.24, 2.45) is 0 Å². The summed E-state index contributed by atoms with van der Waals surface area (Å²) in [4.78, 5) is 2.42. The summed E-state index contributed by atoms with van der Waals surface area (Å²) in [5.41, 5.74) is 2.81. The predicted molar refractivity (Wildman–Crippen MR) is 83.4 cm³/mol. The van der Waals surface area contributed by atoms with Crippen LogP contribution in [-0.2, 0) is 13.0 Å². The number of thioether (sulfide) groups is 1. The van der Waals surface area contributed by atoms with Gasteiger partial charge in [-0.2, -0.15) is 11.8 Å². The maximum Gasteiger partial charge on any atom is 0.0233 e. The first-order chi connectivity index (χ1) is 8.67. The van der Waals surface area contributed by atoms with Gasteiger partial charge in [0.05, 0.1) is 0 Å². The smallest absolute Gasteiger partial charge is 0.0233 e. The number of hydrogen-bond acceptors (Lipinski definition) is 3. The average Bonchev–Trinajstić information content (AvgIpc) is 2.38. The van der Waals surface area contributed by atoms with Crippen molar-refractivity contribution in [1.82, 2.24) is 10.2 Å². The van der Waals surface area contributed by atoms with E-state index in [1.165, 1.54) is 16.9 Å². The molecule has 0 spiro atoms. The molecule has 0 aromatic heterocycles. The summed E-state index contributed by atoms with van der Waals surface area (Å²) in [6.07, 6.45) is 3.27. The molecule has 0 saturated heterocycles. The van der Waals surface area contributed by atoms with Crippen LogP contribution in [0.5, 0.6) is 0 Å². The monoisotopic (exact) mass is 266 g/mol. The van der Waals surface area contributed by atoms with E-state index in [0.717, 1.165) is 19.5 Å². The third-order valence-corrected chi connectivity index (χ3v) is 4.09. The summed E-state index contributed by atoms with van der Waals surface area (Å²) >= 11 is 1.91. The second-order valence-electron chi connectivity index (χ2n) is 4.89. The van der Waals surface area contributed by atoms with Crippen LogP contribution in [-0.4, -0.2) is 43.6 Å². The zero-order valence-electron chi connectivity index (χ0n) is 12.1. The van der Waals surface area contributed by atoms with E-state index in [0.29, 0.717) is 6.04 Å². The van der Waals surface area contributed by atoms with Gasteiger partial charge in [0.1, 0.15) is 0 Å². The van der Waals surface area contributed by atoms with Crippen molar-refractivity contribution >= 4 is 11.8 Å². The maximum atomic E-state index is 3.18. The van der Waals surface area contributed by atoms with Crippen LogP contribution in [0.3, 0.4) is 0 Å². The molecule has 0 saturated carbocycles. The molecule has 0 heterocycles. The van der Waals surface area contributed by atoms with Gasteiger partial charge in [-0.3, -0.25) is 4.90 Å². The van der Waals surface area contributed by atoms with Crippen molar-refractivity contribution in [3.8, 4) is 0 Å². The molecule has 18 heavy (non-hydrogen) atoms. The molecule has 2 nitrogen and oxygen atoms in total. The van der Waals surface area contributed by atoms with E-state index in [1.807, 2.05) is 18.8 Å². The minimum absolute atomic E-state index is 0.629. The Kier molecular flexibility index (Phi) is 7.40. The van der Waals surface area contributed by atoms with Crippen LogP contribution < -0.4 is 5.32 Å². The zero-order valence-corrected chi connectivity index (χ0v) is 12.9. The van der Waals surface area contributed by atoms with Crippen molar-refractivity contribution in [3.05, 3.63) is 35.4 Å². The maximum absolute atomic E-state index is 3.18. The summed E-state index contributed by atoms with van der Waals surface area (Å²) < 4.78 is 0. The lowest BCUT2D eigenvalue weighted by Crippen LogP contribution is -2.30. The summed E-state index contributed by atoms with van der Waals surface area (Å²) in [5, 5.41) is 3.18. The fourth-order valence-corrected chi connectivity index (χ4v) is 2.63. The highest BCUT2D eigenvalue weighted by atomic mass is 32.2. The first-order valence-electron chi connectivity index (χ1n) is 6.59. The summed E-state index contributed by atoms with van der Waals surface area (Å²) in [6.45, 7) is 4.37. The SMILES string of the molecule is CNCCc1ccc(CN(C)C(C)CSC)cc1. The lowest BCUT2D eigenvalue weighted by atomic mass is 10.1. The van der Waals surface area contributed by atoms with Crippen molar-refractivity contribution in [3.63, 3.8) is 0 Å². The molecule has 102 valence electrons. The van der Waals surface area contributed by atoms with E-state index in [9.17, 15) is 0 Å². The van der Waals surface area contributed by atoms with Gasteiger partial charge >= 0.3 is 0 Å². The molecule has 0 aliphatic rings. The third-order valence-electron chi connectivity index (χ3n) is 3.28. The molecule has 0 fully saturated rings. The summed E-state index contributed by atoms with van der Waals surface area (Å²) in [6, 6.07) is 9.64. The Morgan fingerprint density at radius 2 is 1.83 bits per heavy atom. The minimum atomic E-state index is 0.629. The number of likely N-dealkylation sites (N-methyl/N-ethyl adjacent to an activating group) is 1. The van der Waals surface area contributed by atoms with Crippen molar-refractivity contribution < 1.29 is 0 Å². The Hall–Kier alpha value is -0.510. The molecule has 1 rings (SSSR count). The largest absolute Gasteiger partial charge is 0.319 e. The molecular formula is C15H26N2S. The molecule has 0 aliphatic heterocycles. The topological polar surface area (TPSA) is 15.3 Å². The molecule has 1 aromatic rings. The van der Waals surface area contributed by atoms with Crippen LogP contribution in [0.1, 0.15) is 18.1 Å². The molecule has 1 aromatic carbocycles. The molecule has 0 aliphatic carbocycles. The van der Waals surface area contributed by atoms with Crippen molar-refractivity contribution in [1.29, 1.82) is 0 Å². The van der Waals surface area contributed by atoms with E-state index in [1.54, 1.807) is 0 Å². The Bertz CT molecular complexity index is 324.